The van der Waals surface area contributed by atoms with Crippen LogP contribution in [0.3, 0.4) is 0 Å². The maximum atomic E-state index is 4.47. The molecule has 0 aliphatic carbocycles. The van der Waals surface area contributed by atoms with Gasteiger partial charge in [0.15, 0.2) is 0 Å². The van der Waals surface area contributed by atoms with E-state index in [1.807, 2.05) is 12.3 Å². The smallest absolute Gasteiger partial charge is 0.106 e. The first-order valence-electron chi connectivity index (χ1n) is 10.9. The Morgan fingerprint density at radius 3 is 1.55 bits per heavy atom. The zero-order valence-electron chi connectivity index (χ0n) is 17.6. The molecule has 0 atom stereocenters. The number of fused-ring (bicyclic) bond motifs is 6. The van der Waals surface area contributed by atoms with Crippen molar-refractivity contribution in [3.8, 4) is 11.4 Å². The highest BCUT2D eigenvalue weighted by Gasteiger charge is 2.16. The Labute approximate surface area is 198 Å². The first-order chi connectivity index (χ1) is 16.3. The molecule has 0 amide bonds. The number of pyridine rings is 1. The predicted molar refractivity (Wildman–Crippen MR) is 141 cm³/mol. The van der Waals surface area contributed by atoms with Crippen LogP contribution in [0.5, 0.6) is 0 Å². The van der Waals surface area contributed by atoms with Crippen molar-refractivity contribution >= 4 is 59.5 Å². The molecular formula is C29H18BrN3. The Morgan fingerprint density at radius 1 is 0.485 bits per heavy atom. The molecule has 156 valence electrons. The summed E-state index contributed by atoms with van der Waals surface area (Å²) in [6.45, 7) is 0. The zero-order chi connectivity index (χ0) is 21.9. The van der Waals surface area contributed by atoms with Gasteiger partial charge in [-0.1, -0.05) is 54.6 Å². The molecule has 0 saturated heterocycles. The van der Waals surface area contributed by atoms with Crippen molar-refractivity contribution in [3.63, 3.8) is 0 Å². The zero-order valence-corrected chi connectivity index (χ0v) is 19.2. The van der Waals surface area contributed by atoms with Crippen molar-refractivity contribution in [2.75, 3.05) is 0 Å². The fourth-order valence-electron chi connectivity index (χ4n) is 5.08. The lowest BCUT2D eigenvalue weighted by Gasteiger charge is -2.10. The van der Waals surface area contributed by atoms with Gasteiger partial charge in [-0.25, -0.2) is 4.98 Å². The third kappa shape index (κ3) is 2.71. The van der Waals surface area contributed by atoms with Crippen molar-refractivity contribution in [3.05, 3.63) is 114 Å². The topological polar surface area (TPSA) is 22.8 Å². The lowest BCUT2D eigenvalue weighted by atomic mass is 10.1. The van der Waals surface area contributed by atoms with Gasteiger partial charge in [0, 0.05) is 27.2 Å². The molecule has 0 radical (unpaired) electrons. The summed E-state index contributed by atoms with van der Waals surface area (Å²) in [5, 5.41) is 5.01. The maximum absolute atomic E-state index is 4.47. The Hall–Kier alpha value is -3.89. The molecule has 7 rings (SSSR count). The van der Waals surface area contributed by atoms with Crippen molar-refractivity contribution < 1.29 is 0 Å². The van der Waals surface area contributed by atoms with Crippen LogP contribution in [-0.2, 0) is 0 Å². The van der Waals surface area contributed by atoms with Crippen LogP contribution in [-0.4, -0.2) is 14.1 Å². The van der Waals surface area contributed by atoms with E-state index in [0.717, 1.165) is 16.0 Å². The second-order valence-electron chi connectivity index (χ2n) is 8.26. The second-order valence-corrected chi connectivity index (χ2v) is 9.08. The molecule has 0 fully saturated rings. The summed E-state index contributed by atoms with van der Waals surface area (Å²) < 4.78 is 5.50. The largest absolute Gasteiger partial charge is 0.309 e. The van der Waals surface area contributed by atoms with E-state index in [0.29, 0.717) is 0 Å². The second kappa shape index (κ2) is 7.06. The van der Waals surface area contributed by atoms with Crippen LogP contribution >= 0.6 is 15.9 Å². The summed E-state index contributed by atoms with van der Waals surface area (Å²) in [5.41, 5.74) is 7.00. The molecule has 4 aromatic carbocycles. The minimum absolute atomic E-state index is 0.834. The van der Waals surface area contributed by atoms with E-state index in [-0.39, 0.29) is 0 Å². The van der Waals surface area contributed by atoms with Gasteiger partial charge in [0.05, 0.1) is 34.0 Å². The summed E-state index contributed by atoms with van der Waals surface area (Å²) in [5.74, 6) is 0. The first-order valence-corrected chi connectivity index (χ1v) is 11.7. The van der Waals surface area contributed by atoms with E-state index in [1.54, 1.807) is 0 Å². The predicted octanol–water partition coefficient (Wildman–Crippen LogP) is 8.04. The fraction of sp³-hybridized carbons (Fsp3) is 0. The molecule has 3 nitrogen and oxygen atoms in total. The molecule has 3 heterocycles. The molecule has 0 aliphatic rings. The van der Waals surface area contributed by atoms with Crippen molar-refractivity contribution in [2.24, 2.45) is 0 Å². The third-order valence-corrected chi connectivity index (χ3v) is 6.93. The van der Waals surface area contributed by atoms with Gasteiger partial charge in [-0.05, 0) is 64.5 Å². The molecule has 0 N–H and O–H groups in total. The van der Waals surface area contributed by atoms with Gasteiger partial charge < -0.3 is 9.13 Å². The van der Waals surface area contributed by atoms with Gasteiger partial charge in [0.2, 0.25) is 0 Å². The summed E-state index contributed by atoms with van der Waals surface area (Å²) in [6, 6.07) is 36.7. The van der Waals surface area contributed by atoms with E-state index < -0.39 is 0 Å². The average molecular weight is 488 g/mol. The number of halogens is 1. The molecule has 0 bridgehead atoms. The van der Waals surface area contributed by atoms with Crippen LogP contribution < -0.4 is 0 Å². The Bertz CT molecular complexity index is 1770. The number of benzene rings is 4. The minimum Gasteiger partial charge on any atom is -0.309 e. The van der Waals surface area contributed by atoms with Gasteiger partial charge in [-0.3, -0.25) is 0 Å². The van der Waals surface area contributed by atoms with E-state index >= 15 is 0 Å². The molecule has 7 aromatic rings. The van der Waals surface area contributed by atoms with Gasteiger partial charge >= 0.3 is 0 Å². The molecule has 0 aliphatic heterocycles. The number of rotatable bonds is 2. The highest BCUT2D eigenvalue weighted by molar-refractivity contribution is 9.10. The molecule has 3 aromatic heterocycles. The Morgan fingerprint density at radius 2 is 0.970 bits per heavy atom. The fourth-order valence-corrected chi connectivity index (χ4v) is 5.31. The number of para-hydroxylation sites is 3. The monoisotopic (exact) mass is 487 g/mol. The molecule has 4 heteroatoms. The first kappa shape index (κ1) is 18.7. The highest BCUT2D eigenvalue weighted by Crippen LogP contribution is 2.36. The number of hydrogen-bond donors (Lipinski definition) is 0. The molecule has 0 saturated carbocycles. The van der Waals surface area contributed by atoms with Crippen molar-refractivity contribution in [2.45, 2.75) is 0 Å². The van der Waals surface area contributed by atoms with Crippen LogP contribution in [0.2, 0.25) is 0 Å². The SMILES string of the molecule is Brc1ccc(-n2c3ccccc3c3cc(-n4c5ccccc5c5ccccc54)ccc32)cn1. The van der Waals surface area contributed by atoms with Crippen LogP contribution in [0.15, 0.2) is 114 Å². The van der Waals surface area contributed by atoms with Crippen LogP contribution in [0, 0.1) is 0 Å². The van der Waals surface area contributed by atoms with E-state index in [1.165, 1.54) is 43.6 Å². The molecule has 33 heavy (non-hydrogen) atoms. The van der Waals surface area contributed by atoms with Gasteiger partial charge in [-0.2, -0.15) is 0 Å². The van der Waals surface area contributed by atoms with Gasteiger partial charge in [0.25, 0.3) is 0 Å². The van der Waals surface area contributed by atoms with Crippen molar-refractivity contribution in [1.82, 2.24) is 14.1 Å². The third-order valence-electron chi connectivity index (χ3n) is 6.46. The highest BCUT2D eigenvalue weighted by atomic mass is 79.9. The Kier molecular flexibility index (Phi) is 3.99. The van der Waals surface area contributed by atoms with Crippen molar-refractivity contribution in [1.29, 1.82) is 0 Å². The quantitative estimate of drug-likeness (QED) is 0.226. The number of hydrogen-bond acceptors (Lipinski definition) is 1. The lowest BCUT2D eigenvalue weighted by Crippen LogP contribution is -1.96. The van der Waals surface area contributed by atoms with E-state index in [2.05, 4.69) is 127 Å². The van der Waals surface area contributed by atoms with E-state index in [9.17, 15) is 0 Å². The maximum Gasteiger partial charge on any atom is 0.106 e. The van der Waals surface area contributed by atoms with Crippen LogP contribution in [0.25, 0.3) is 55.0 Å². The lowest BCUT2D eigenvalue weighted by molar-refractivity contribution is 1.13. The standard InChI is InChI=1S/C29H18BrN3/c30-29-16-14-20(18-31-29)33-27-12-6-3-9-23(27)24-17-19(13-15-28(24)33)32-25-10-4-1-7-21(25)22-8-2-5-11-26(22)32/h1-18H. The van der Waals surface area contributed by atoms with Gasteiger partial charge in [-0.15, -0.1) is 0 Å². The summed E-state index contributed by atoms with van der Waals surface area (Å²) >= 11 is 3.46. The normalized spacial score (nSPS) is 11.8. The Balaban J connectivity index is 1.57. The average Bonchev–Trinajstić information content (AvgIpc) is 3.37. The van der Waals surface area contributed by atoms with Crippen LogP contribution in [0.4, 0.5) is 0 Å². The van der Waals surface area contributed by atoms with Gasteiger partial charge in [0.1, 0.15) is 4.60 Å². The summed E-state index contributed by atoms with van der Waals surface area (Å²) in [7, 11) is 0. The minimum atomic E-state index is 0.834. The van der Waals surface area contributed by atoms with E-state index in [4.69, 9.17) is 0 Å². The number of aromatic nitrogens is 3. The number of nitrogens with zero attached hydrogens (tertiary/aromatic N) is 3. The van der Waals surface area contributed by atoms with Crippen LogP contribution in [0.1, 0.15) is 0 Å². The molecule has 0 unspecified atom stereocenters. The summed E-state index contributed by atoms with van der Waals surface area (Å²) in [4.78, 5) is 4.47. The molecule has 0 spiro atoms. The summed E-state index contributed by atoms with van der Waals surface area (Å²) in [6.07, 6.45) is 1.91. The molecular weight excluding hydrogens is 470 g/mol.